The molecular formula is C11H12O3. The number of esters is 1. The molecule has 1 saturated carbocycles. The normalized spacial score (nSPS) is 22.1. The van der Waals surface area contributed by atoms with Crippen molar-refractivity contribution in [3.05, 3.63) is 11.6 Å². The zero-order valence-corrected chi connectivity index (χ0v) is 7.88. The van der Waals surface area contributed by atoms with Crippen LogP contribution >= 0.6 is 0 Å². The van der Waals surface area contributed by atoms with Gasteiger partial charge in [0.25, 0.3) is 0 Å². The maximum atomic E-state index is 11.1. The van der Waals surface area contributed by atoms with E-state index in [9.17, 15) is 4.79 Å². The number of aliphatic hydroxyl groups excluding tert-OH is 1. The van der Waals surface area contributed by atoms with Gasteiger partial charge in [0.05, 0.1) is 12.2 Å². The van der Waals surface area contributed by atoms with Crippen molar-refractivity contribution in [2.45, 2.75) is 31.3 Å². The number of carbonyl (C=O) groups excluding carboxylic acids is 1. The van der Waals surface area contributed by atoms with Gasteiger partial charge >= 0.3 is 5.97 Å². The minimum Gasteiger partial charge on any atom is -0.450 e. The summed E-state index contributed by atoms with van der Waals surface area (Å²) >= 11 is 0. The molecule has 74 valence electrons. The SMILES string of the molecule is O=C1C=C(C#CCCO)C2(CCC2)O1. The molecule has 0 atom stereocenters. The Bertz CT molecular complexity index is 339. The molecule has 0 aromatic carbocycles. The fraction of sp³-hybridized carbons (Fsp3) is 0.545. The van der Waals surface area contributed by atoms with Crippen molar-refractivity contribution >= 4 is 5.97 Å². The zero-order chi connectivity index (χ0) is 10.0. The van der Waals surface area contributed by atoms with Crippen LogP contribution in [0.1, 0.15) is 25.7 Å². The molecule has 0 aromatic heterocycles. The van der Waals surface area contributed by atoms with Gasteiger partial charge < -0.3 is 9.84 Å². The molecular weight excluding hydrogens is 180 g/mol. The second kappa shape index (κ2) is 3.47. The van der Waals surface area contributed by atoms with E-state index in [-0.39, 0.29) is 18.2 Å². The topological polar surface area (TPSA) is 46.5 Å². The number of rotatable bonds is 1. The fourth-order valence-corrected chi connectivity index (χ4v) is 1.76. The van der Waals surface area contributed by atoms with Gasteiger partial charge in [0.1, 0.15) is 5.60 Å². The molecule has 1 heterocycles. The van der Waals surface area contributed by atoms with Gasteiger partial charge in [0, 0.05) is 12.5 Å². The van der Waals surface area contributed by atoms with Crippen molar-refractivity contribution in [1.82, 2.24) is 0 Å². The molecule has 1 N–H and O–H groups in total. The molecule has 14 heavy (non-hydrogen) atoms. The summed E-state index contributed by atoms with van der Waals surface area (Å²) in [5.41, 5.74) is 0.404. The van der Waals surface area contributed by atoms with E-state index in [4.69, 9.17) is 9.84 Å². The first-order valence-electron chi connectivity index (χ1n) is 4.82. The molecule has 2 aliphatic rings. The van der Waals surface area contributed by atoms with Gasteiger partial charge in [-0.25, -0.2) is 4.79 Å². The lowest BCUT2D eigenvalue weighted by Crippen LogP contribution is -2.39. The van der Waals surface area contributed by atoms with Crippen molar-refractivity contribution in [1.29, 1.82) is 0 Å². The number of hydrogen-bond donors (Lipinski definition) is 1. The fourth-order valence-electron chi connectivity index (χ4n) is 1.76. The van der Waals surface area contributed by atoms with Crippen LogP contribution in [0, 0.1) is 11.8 Å². The number of carbonyl (C=O) groups is 1. The Labute approximate surface area is 82.8 Å². The Balaban J connectivity index is 2.13. The smallest absolute Gasteiger partial charge is 0.332 e. The van der Waals surface area contributed by atoms with Gasteiger partial charge in [0.2, 0.25) is 0 Å². The van der Waals surface area contributed by atoms with Crippen LogP contribution in [-0.2, 0) is 9.53 Å². The highest BCUT2D eigenvalue weighted by molar-refractivity contribution is 5.88. The third kappa shape index (κ3) is 1.42. The Kier molecular flexibility index (Phi) is 2.30. The van der Waals surface area contributed by atoms with E-state index in [0.717, 1.165) is 24.8 Å². The van der Waals surface area contributed by atoms with Gasteiger partial charge in [-0.05, 0) is 19.3 Å². The largest absolute Gasteiger partial charge is 0.450 e. The van der Waals surface area contributed by atoms with Crippen molar-refractivity contribution in [3.63, 3.8) is 0 Å². The molecule has 0 saturated heterocycles. The standard InChI is InChI=1S/C11H12O3/c12-7-2-1-4-9-8-10(13)14-11(9)5-3-6-11/h8,12H,2-3,5-7H2. The molecule has 0 amide bonds. The van der Waals surface area contributed by atoms with E-state index in [1.54, 1.807) is 0 Å². The van der Waals surface area contributed by atoms with Crippen LogP contribution < -0.4 is 0 Å². The molecule has 3 heteroatoms. The predicted molar refractivity (Wildman–Crippen MR) is 50.2 cm³/mol. The van der Waals surface area contributed by atoms with Crippen molar-refractivity contribution in [2.75, 3.05) is 6.61 Å². The highest BCUT2D eigenvalue weighted by atomic mass is 16.6. The van der Waals surface area contributed by atoms with Gasteiger partial charge in [-0.3, -0.25) is 0 Å². The monoisotopic (exact) mass is 192 g/mol. The highest BCUT2D eigenvalue weighted by Gasteiger charge is 2.47. The van der Waals surface area contributed by atoms with Crippen LogP contribution in [0.15, 0.2) is 11.6 Å². The van der Waals surface area contributed by atoms with Gasteiger partial charge in [-0.1, -0.05) is 11.8 Å². The van der Waals surface area contributed by atoms with E-state index >= 15 is 0 Å². The summed E-state index contributed by atoms with van der Waals surface area (Å²) in [5, 5.41) is 8.57. The lowest BCUT2D eigenvalue weighted by atomic mass is 9.75. The summed E-state index contributed by atoms with van der Waals surface area (Å²) in [4.78, 5) is 11.1. The Hall–Kier alpha value is -1.27. The lowest BCUT2D eigenvalue weighted by molar-refractivity contribution is -0.151. The van der Waals surface area contributed by atoms with E-state index < -0.39 is 0 Å². The highest BCUT2D eigenvalue weighted by Crippen LogP contribution is 2.44. The van der Waals surface area contributed by atoms with Crippen molar-refractivity contribution in [2.24, 2.45) is 0 Å². The second-order valence-corrected chi connectivity index (χ2v) is 3.60. The molecule has 1 aliphatic carbocycles. The number of aliphatic hydroxyl groups is 1. The van der Waals surface area contributed by atoms with Crippen LogP contribution in [0.4, 0.5) is 0 Å². The van der Waals surface area contributed by atoms with E-state index in [1.165, 1.54) is 6.08 Å². The van der Waals surface area contributed by atoms with Gasteiger partial charge in [0.15, 0.2) is 0 Å². The minimum atomic E-state index is -0.389. The molecule has 0 unspecified atom stereocenters. The van der Waals surface area contributed by atoms with Gasteiger partial charge in [-0.2, -0.15) is 0 Å². The Morgan fingerprint density at radius 1 is 1.57 bits per heavy atom. The molecule has 3 nitrogen and oxygen atoms in total. The average Bonchev–Trinajstić information content (AvgIpc) is 2.43. The zero-order valence-electron chi connectivity index (χ0n) is 7.88. The van der Waals surface area contributed by atoms with Gasteiger partial charge in [-0.15, -0.1) is 0 Å². The van der Waals surface area contributed by atoms with E-state index in [0.29, 0.717) is 6.42 Å². The average molecular weight is 192 g/mol. The Morgan fingerprint density at radius 2 is 2.36 bits per heavy atom. The maximum absolute atomic E-state index is 11.1. The lowest BCUT2D eigenvalue weighted by Gasteiger charge is -2.37. The van der Waals surface area contributed by atoms with E-state index in [2.05, 4.69) is 11.8 Å². The minimum absolute atomic E-state index is 0.0576. The van der Waals surface area contributed by atoms with Crippen LogP contribution in [0.5, 0.6) is 0 Å². The molecule has 0 aromatic rings. The first-order chi connectivity index (χ1) is 6.77. The van der Waals surface area contributed by atoms with Crippen LogP contribution in [0.3, 0.4) is 0 Å². The predicted octanol–water partition coefficient (Wildman–Crippen LogP) is 0.778. The first kappa shape index (κ1) is 9.29. The molecule has 0 bridgehead atoms. The van der Waals surface area contributed by atoms with Crippen LogP contribution in [0.2, 0.25) is 0 Å². The number of hydrogen-bond acceptors (Lipinski definition) is 3. The number of ether oxygens (including phenoxy) is 1. The second-order valence-electron chi connectivity index (χ2n) is 3.60. The summed E-state index contributed by atoms with van der Waals surface area (Å²) in [6.07, 6.45) is 4.79. The summed E-state index contributed by atoms with van der Waals surface area (Å²) in [6.45, 7) is 0.0576. The van der Waals surface area contributed by atoms with Crippen molar-refractivity contribution in [3.8, 4) is 11.8 Å². The third-order valence-electron chi connectivity index (χ3n) is 2.67. The van der Waals surface area contributed by atoms with Crippen molar-refractivity contribution < 1.29 is 14.6 Å². The molecule has 1 aliphatic heterocycles. The molecule has 1 spiro atoms. The first-order valence-corrected chi connectivity index (χ1v) is 4.82. The summed E-state index contributed by atoms with van der Waals surface area (Å²) in [5.74, 6) is 5.45. The molecule has 0 radical (unpaired) electrons. The molecule has 1 fully saturated rings. The summed E-state index contributed by atoms with van der Waals surface area (Å²) in [7, 11) is 0. The maximum Gasteiger partial charge on any atom is 0.332 e. The third-order valence-corrected chi connectivity index (χ3v) is 2.67. The summed E-state index contributed by atoms with van der Waals surface area (Å²) < 4.78 is 5.23. The van der Waals surface area contributed by atoms with Crippen LogP contribution in [-0.4, -0.2) is 23.3 Å². The Morgan fingerprint density at radius 3 is 2.93 bits per heavy atom. The summed E-state index contributed by atoms with van der Waals surface area (Å²) in [6, 6.07) is 0. The quantitative estimate of drug-likeness (QED) is 0.493. The molecule has 2 rings (SSSR count). The van der Waals surface area contributed by atoms with E-state index in [1.807, 2.05) is 0 Å². The van der Waals surface area contributed by atoms with Crippen LogP contribution in [0.25, 0.3) is 0 Å².